The third kappa shape index (κ3) is 4.60. The van der Waals surface area contributed by atoms with Crippen LogP contribution in [0, 0.1) is 6.92 Å². The molecule has 0 aromatic carbocycles. The summed E-state index contributed by atoms with van der Waals surface area (Å²) in [5, 5.41) is 3.58. The summed E-state index contributed by atoms with van der Waals surface area (Å²) in [5.74, 6) is 0. The average Bonchev–Trinajstić information content (AvgIpc) is 3.14. The minimum Gasteiger partial charge on any atom is -0.309 e. The molecule has 1 N–H and O–H groups in total. The van der Waals surface area contributed by atoms with Crippen LogP contribution >= 0.6 is 11.3 Å². The SMILES string of the molecule is C=CCN(CC=C)Cc1cc(CNC2CC2)sc1C. The molecule has 1 aromatic heterocycles. The van der Waals surface area contributed by atoms with Crippen molar-refractivity contribution in [1.82, 2.24) is 10.2 Å². The van der Waals surface area contributed by atoms with Crippen LogP contribution in [0.2, 0.25) is 0 Å². The summed E-state index contributed by atoms with van der Waals surface area (Å²) >= 11 is 1.92. The van der Waals surface area contributed by atoms with Crippen LogP contribution in [-0.2, 0) is 13.1 Å². The summed E-state index contributed by atoms with van der Waals surface area (Å²) in [6.07, 6.45) is 6.62. The van der Waals surface area contributed by atoms with Crippen LogP contribution in [0.5, 0.6) is 0 Å². The first-order valence-corrected chi connectivity index (χ1v) is 7.80. The molecule has 0 aliphatic heterocycles. The Kier molecular flexibility index (Phi) is 5.37. The lowest BCUT2D eigenvalue weighted by atomic mass is 10.2. The van der Waals surface area contributed by atoms with E-state index in [9.17, 15) is 0 Å². The monoisotopic (exact) mass is 276 g/mol. The van der Waals surface area contributed by atoms with Crippen LogP contribution in [0.4, 0.5) is 0 Å². The normalized spacial score (nSPS) is 14.8. The number of thiophene rings is 1. The van der Waals surface area contributed by atoms with Crippen molar-refractivity contribution in [2.75, 3.05) is 13.1 Å². The van der Waals surface area contributed by atoms with Gasteiger partial charge in [0.2, 0.25) is 0 Å². The van der Waals surface area contributed by atoms with Gasteiger partial charge in [-0.1, -0.05) is 12.2 Å². The third-order valence-electron chi connectivity index (χ3n) is 3.38. The Morgan fingerprint density at radius 3 is 2.63 bits per heavy atom. The number of aryl methyl sites for hydroxylation is 1. The van der Waals surface area contributed by atoms with E-state index in [1.165, 1.54) is 28.2 Å². The molecule has 0 amide bonds. The molecule has 0 unspecified atom stereocenters. The first-order chi connectivity index (χ1) is 9.22. The van der Waals surface area contributed by atoms with Crippen molar-refractivity contribution >= 4 is 11.3 Å². The highest BCUT2D eigenvalue weighted by molar-refractivity contribution is 7.12. The number of rotatable bonds is 9. The van der Waals surface area contributed by atoms with Crippen molar-refractivity contribution in [2.45, 2.75) is 38.9 Å². The van der Waals surface area contributed by atoms with Gasteiger partial charge in [-0.2, -0.15) is 0 Å². The molecule has 0 radical (unpaired) electrons. The maximum absolute atomic E-state index is 3.82. The lowest BCUT2D eigenvalue weighted by Crippen LogP contribution is -2.23. The minimum absolute atomic E-state index is 0.781. The Balaban J connectivity index is 1.93. The summed E-state index contributed by atoms with van der Waals surface area (Å²) < 4.78 is 0. The van der Waals surface area contributed by atoms with Crippen molar-refractivity contribution < 1.29 is 0 Å². The Hall–Kier alpha value is -0.900. The van der Waals surface area contributed by atoms with Crippen LogP contribution in [-0.4, -0.2) is 24.0 Å². The standard InChI is InChI=1S/C16H24N2S/c1-4-8-18(9-5-2)12-14-10-16(19-13(14)3)11-17-15-6-7-15/h4-5,10,15,17H,1-2,6-9,11-12H2,3H3. The van der Waals surface area contributed by atoms with Crippen LogP contribution in [0.15, 0.2) is 31.4 Å². The molecule has 0 spiro atoms. The number of nitrogens with one attached hydrogen (secondary N) is 1. The summed E-state index contributed by atoms with van der Waals surface area (Å²) in [4.78, 5) is 5.25. The molecule has 0 saturated heterocycles. The summed E-state index contributed by atoms with van der Waals surface area (Å²) in [6, 6.07) is 3.14. The predicted octanol–water partition coefficient (Wildman–Crippen LogP) is 3.48. The first kappa shape index (κ1) is 14.5. The largest absolute Gasteiger partial charge is 0.309 e. The van der Waals surface area contributed by atoms with Crippen molar-refractivity contribution in [3.8, 4) is 0 Å². The molecular weight excluding hydrogens is 252 g/mol. The van der Waals surface area contributed by atoms with Crippen molar-refractivity contribution in [1.29, 1.82) is 0 Å². The van der Waals surface area contributed by atoms with E-state index in [4.69, 9.17) is 0 Å². The van der Waals surface area contributed by atoms with Crippen LogP contribution < -0.4 is 5.32 Å². The molecular formula is C16H24N2S. The fraction of sp³-hybridized carbons (Fsp3) is 0.500. The highest BCUT2D eigenvalue weighted by Crippen LogP contribution is 2.25. The maximum atomic E-state index is 3.82. The van der Waals surface area contributed by atoms with E-state index in [0.717, 1.165) is 32.2 Å². The number of hydrogen-bond acceptors (Lipinski definition) is 3. The van der Waals surface area contributed by atoms with E-state index in [-0.39, 0.29) is 0 Å². The van der Waals surface area contributed by atoms with E-state index >= 15 is 0 Å². The topological polar surface area (TPSA) is 15.3 Å². The molecule has 3 heteroatoms. The van der Waals surface area contributed by atoms with Gasteiger partial charge >= 0.3 is 0 Å². The minimum atomic E-state index is 0.781. The van der Waals surface area contributed by atoms with Gasteiger partial charge in [0.25, 0.3) is 0 Å². The van der Waals surface area contributed by atoms with Gasteiger partial charge in [-0.3, -0.25) is 4.90 Å². The fourth-order valence-electron chi connectivity index (χ4n) is 2.17. The highest BCUT2D eigenvalue weighted by atomic mass is 32.1. The van der Waals surface area contributed by atoms with Gasteiger partial charge in [-0.25, -0.2) is 0 Å². The predicted molar refractivity (Wildman–Crippen MR) is 84.6 cm³/mol. The number of nitrogens with zero attached hydrogens (tertiary/aromatic N) is 1. The van der Waals surface area contributed by atoms with Crippen LogP contribution in [0.3, 0.4) is 0 Å². The second-order valence-electron chi connectivity index (χ2n) is 5.22. The molecule has 1 aromatic rings. The Labute approximate surface area is 120 Å². The molecule has 1 aliphatic carbocycles. The van der Waals surface area contributed by atoms with E-state index in [1.54, 1.807) is 0 Å². The zero-order valence-electron chi connectivity index (χ0n) is 11.8. The number of hydrogen-bond donors (Lipinski definition) is 1. The van der Waals surface area contributed by atoms with Crippen LogP contribution in [0.25, 0.3) is 0 Å². The molecule has 0 atom stereocenters. The second-order valence-corrected chi connectivity index (χ2v) is 6.56. The molecule has 0 bridgehead atoms. The van der Waals surface area contributed by atoms with Crippen molar-refractivity contribution in [2.24, 2.45) is 0 Å². The van der Waals surface area contributed by atoms with E-state index in [0.29, 0.717) is 0 Å². The molecule has 2 nitrogen and oxygen atoms in total. The van der Waals surface area contributed by atoms with Crippen LogP contribution in [0.1, 0.15) is 28.2 Å². The van der Waals surface area contributed by atoms with Gasteiger partial charge in [0.05, 0.1) is 0 Å². The van der Waals surface area contributed by atoms with Gasteiger partial charge in [0.1, 0.15) is 0 Å². The molecule has 1 fully saturated rings. The van der Waals surface area contributed by atoms with E-state index < -0.39 is 0 Å². The van der Waals surface area contributed by atoms with Crippen molar-refractivity contribution in [3.63, 3.8) is 0 Å². The smallest absolute Gasteiger partial charge is 0.0302 e. The summed E-state index contributed by atoms with van der Waals surface area (Å²) in [5.41, 5.74) is 1.45. The first-order valence-electron chi connectivity index (χ1n) is 6.98. The Morgan fingerprint density at radius 2 is 2.05 bits per heavy atom. The second kappa shape index (κ2) is 7.04. The molecule has 19 heavy (non-hydrogen) atoms. The molecule has 1 saturated carbocycles. The Morgan fingerprint density at radius 1 is 1.37 bits per heavy atom. The summed E-state index contributed by atoms with van der Waals surface area (Å²) in [6.45, 7) is 13.7. The van der Waals surface area contributed by atoms with Gasteiger partial charge in [0.15, 0.2) is 0 Å². The third-order valence-corrected chi connectivity index (χ3v) is 4.48. The van der Waals surface area contributed by atoms with Gasteiger partial charge in [-0.05, 0) is 31.4 Å². The Bertz CT molecular complexity index is 422. The van der Waals surface area contributed by atoms with E-state index in [1.807, 2.05) is 23.5 Å². The summed E-state index contributed by atoms with van der Waals surface area (Å²) in [7, 11) is 0. The van der Waals surface area contributed by atoms with Gasteiger partial charge < -0.3 is 5.32 Å². The molecule has 1 heterocycles. The maximum Gasteiger partial charge on any atom is 0.0302 e. The highest BCUT2D eigenvalue weighted by Gasteiger charge is 2.20. The quantitative estimate of drug-likeness (QED) is 0.695. The van der Waals surface area contributed by atoms with Gasteiger partial charge in [0, 0.05) is 42.0 Å². The molecule has 1 aliphatic rings. The molecule has 104 valence electrons. The zero-order chi connectivity index (χ0) is 13.7. The lowest BCUT2D eigenvalue weighted by molar-refractivity contribution is 0.327. The fourth-order valence-corrected chi connectivity index (χ4v) is 3.18. The average molecular weight is 276 g/mol. The lowest BCUT2D eigenvalue weighted by Gasteiger charge is -2.18. The molecule has 2 rings (SSSR count). The van der Waals surface area contributed by atoms with Crippen molar-refractivity contribution in [3.05, 3.63) is 46.7 Å². The van der Waals surface area contributed by atoms with E-state index in [2.05, 4.69) is 36.4 Å². The van der Waals surface area contributed by atoms with Gasteiger partial charge in [-0.15, -0.1) is 24.5 Å². The zero-order valence-corrected chi connectivity index (χ0v) is 12.6.